The minimum Gasteiger partial charge on any atom is -0.396 e. The minimum atomic E-state index is -0.578. The van der Waals surface area contributed by atoms with Crippen LogP contribution in [0.25, 0.3) is 11.5 Å². The van der Waals surface area contributed by atoms with E-state index in [1.807, 2.05) is 0 Å². The van der Waals surface area contributed by atoms with Crippen molar-refractivity contribution in [2.24, 2.45) is 0 Å². The van der Waals surface area contributed by atoms with E-state index in [1.165, 1.54) is 18.2 Å². The number of rotatable bonds is 3. The summed E-state index contributed by atoms with van der Waals surface area (Å²) in [6.45, 7) is 2.22. The van der Waals surface area contributed by atoms with E-state index in [2.05, 4.69) is 15.5 Å². The van der Waals surface area contributed by atoms with E-state index < -0.39 is 11.7 Å². The van der Waals surface area contributed by atoms with Gasteiger partial charge < -0.3 is 15.6 Å². The molecule has 7 heteroatoms. The zero-order chi connectivity index (χ0) is 13.1. The number of carbonyl (C=O) groups is 1. The number of anilines is 1. The highest BCUT2D eigenvalue weighted by Gasteiger charge is 2.17. The highest BCUT2D eigenvalue weighted by Crippen LogP contribution is 2.26. The van der Waals surface area contributed by atoms with Gasteiger partial charge in [-0.25, -0.2) is 4.39 Å². The summed E-state index contributed by atoms with van der Waals surface area (Å²) in [5.74, 6) is -1.14. The number of nitrogens with zero attached hydrogens (tertiary/aromatic N) is 2. The third-order valence-corrected chi connectivity index (χ3v) is 2.25. The van der Waals surface area contributed by atoms with Crippen molar-refractivity contribution in [2.75, 3.05) is 12.3 Å². The first-order valence-electron chi connectivity index (χ1n) is 5.29. The van der Waals surface area contributed by atoms with Gasteiger partial charge in [0, 0.05) is 6.54 Å². The van der Waals surface area contributed by atoms with Crippen LogP contribution in [0.15, 0.2) is 22.7 Å². The number of amides is 1. The molecule has 0 aliphatic carbocycles. The lowest BCUT2D eigenvalue weighted by atomic mass is 10.2. The molecule has 6 nitrogen and oxygen atoms in total. The number of halogens is 1. The molecule has 1 amide bonds. The van der Waals surface area contributed by atoms with Gasteiger partial charge in [0.15, 0.2) is 0 Å². The molecule has 0 aliphatic rings. The second kappa shape index (κ2) is 4.82. The Bertz CT molecular complexity index is 582. The molecule has 18 heavy (non-hydrogen) atoms. The first kappa shape index (κ1) is 12.0. The molecule has 0 saturated carbocycles. The lowest BCUT2D eigenvalue weighted by molar-refractivity contribution is 0.0942. The fourth-order valence-corrected chi connectivity index (χ4v) is 1.39. The molecule has 0 fully saturated rings. The summed E-state index contributed by atoms with van der Waals surface area (Å²) in [5, 5.41) is 6.03. The molecule has 0 radical (unpaired) electrons. The second-order valence-electron chi connectivity index (χ2n) is 3.48. The average molecular weight is 250 g/mol. The summed E-state index contributed by atoms with van der Waals surface area (Å²) < 4.78 is 18.1. The van der Waals surface area contributed by atoms with Gasteiger partial charge in [0.2, 0.25) is 0 Å². The fraction of sp³-hybridized carbons (Fsp3) is 0.182. The predicted octanol–water partition coefficient (Wildman–Crippen LogP) is 1.21. The van der Waals surface area contributed by atoms with Crippen LogP contribution in [-0.4, -0.2) is 22.6 Å². The number of hydrogen-bond donors (Lipinski definition) is 2. The number of carbonyl (C=O) groups excluding carboxylic acids is 1. The van der Waals surface area contributed by atoms with Crippen molar-refractivity contribution in [3.8, 4) is 11.5 Å². The Morgan fingerprint density at radius 1 is 1.56 bits per heavy atom. The molecule has 3 N–H and O–H groups in total. The molecule has 2 rings (SSSR count). The molecule has 0 saturated heterocycles. The molecule has 0 spiro atoms. The van der Waals surface area contributed by atoms with Crippen molar-refractivity contribution in [1.29, 1.82) is 0 Å². The van der Waals surface area contributed by atoms with Crippen LogP contribution in [-0.2, 0) is 0 Å². The molecule has 1 aromatic heterocycles. The Balaban J connectivity index is 2.35. The molecule has 2 aromatic rings. The first-order chi connectivity index (χ1) is 8.63. The smallest absolute Gasteiger partial charge is 0.292 e. The molecule has 0 unspecified atom stereocenters. The zero-order valence-corrected chi connectivity index (χ0v) is 9.61. The fourth-order valence-electron chi connectivity index (χ4n) is 1.39. The maximum atomic E-state index is 13.3. The van der Waals surface area contributed by atoms with Crippen LogP contribution in [0.4, 0.5) is 10.1 Å². The molecule has 1 heterocycles. The third kappa shape index (κ3) is 2.15. The molecule has 0 atom stereocenters. The van der Waals surface area contributed by atoms with Gasteiger partial charge in [0.1, 0.15) is 5.82 Å². The van der Waals surface area contributed by atoms with E-state index in [0.717, 1.165) is 0 Å². The Morgan fingerprint density at radius 2 is 2.33 bits per heavy atom. The summed E-state index contributed by atoms with van der Waals surface area (Å²) in [7, 11) is 0. The second-order valence-corrected chi connectivity index (χ2v) is 3.48. The summed E-state index contributed by atoms with van der Waals surface area (Å²) in [5.41, 5.74) is 5.72. The zero-order valence-electron chi connectivity index (χ0n) is 9.61. The van der Waals surface area contributed by atoms with Crippen LogP contribution >= 0.6 is 0 Å². The Hall–Kier alpha value is -2.44. The van der Waals surface area contributed by atoms with Crippen molar-refractivity contribution in [1.82, 2.24) is 15.5 Å². The lowest BCUT2D eigenvalue weighted by Gasteiger charge is -2.00. The monoisotopic (exact) mass is 250 g/mol. The van der Waals surface area contributed by atoms with Crippen LogP contribution in [0, 0.1) is 5.82 Å². The number of para-hydroxylation sites is 1. The van der Waals surface area contributed by atoms with Crippen LogP contribution in [0.5, 0.6) is 0 Å². The maximum absolute atomic E-state index is 13.3. The molecule has 0 aliphatic heterocycles. The number of nitrogen functional groups attached to an aromatic ring is 1. The lowest BCUT2D eigenvalue weighted by Crippen LogP contribution is -2.23. The van der Waals surface area contributed by atoms with Gasteiger partial charge in [-0.3, -0.25) is 4.79 Å². The van der Waals surface area contributed by atoms with E-state index in [-0.39, 0.29) is 23.0 Å². The molecule has 94 valence electrons. The third-order valence-electron chi connectivity index (χ3n) is 2.25. The average Bonchev–Trinajstić information content (AvgIpc) is 2.82. The molecular formula is C11H11FN4O2. The molecular weight excluding hydrogens is 239 g/mol. The van der Waals surface area contributed by atoms with Gasteiger partial charge in [-0.1, -0.05) is 11.2 Å². The van der Waals surface area contributed by atoms with E-state index in [4.69, 9.17) is 10.3 Å². The van der Waals surface area contributed by atoms with Gasteiger partial charge in [-0.15, -0.1) is 0 Å². The minimum absolute atomic E-state index is 0.00764. The van der Waals surface area contributed by atoms with Gasteiger partial charge in [-0.2, -0.15) is 4.98 Å². The normalized spacial score (nSPS) is 10.3. The van der Waals surface area contributed by atoms with Crippen molar-refractivity contribution in [2.45, 2.75) is 6.92 Å². The van der Waals surface area contributed by atoms with Crippen molar-refractivity contribution < 1.29 is 13.7 Å². The topological polar surface area (TPSA) is 94.0 Å². The standard InChI is InChI=1S/C11H11FN4O2/c1-2-14-10(17)9-15-11(18-16-9)6-4-3-5-7(12)8(6)13/h3-5H,2,13H2,1H3,(H,14,17). The predicted molar refractivity (Wildman–Crippen MR) is 62.1 cm³/mol. The SMILES string of the molecule is CCNC(=O)c1noc(-c2cccc(F)c2N)n1. The first-order valence-corrected chi connectivity index (χ1v) is 5.29. The van der Waals surface area contributed by atoms with Gasteiger partial charge in [0.05, 0.1) is 11.3 Å². The number of nitrogens with one attached hydrogen (secondary N) is 1. The van der Waals surface area contributed by atoms with E-state index >= 15 is 0 Å². The number of aromatic nitrogens is 2. The van der Waals surface area contributed by atoms with Gasteiger partial charge in [0.25, 0.3) is 17.6 Å². The van der Waals surface area contributed by atoms with E-state index in [1.54, 1.807) is 6.92 Å². The molecule has 1 aromatic carbocycles. The highest BCUT2D eigenvalue weighted by molar-refractivity contribution is 5.90. The van der Waals surface area contributed by atoms with Crippen LogP contribution in [0.2, 0.25) is 0 Å². The quantitative estimate of drug-likeness (QED) is 0.798. The van der Waals surface area contributed by atoms with Crippen LogP contribution in [0.3, 0.4) is 0 Å². The number of benzene rings is 1. The van der Waals surface area contributed by atoms with E-state index in [0.29, 0.717) is 6.54 Å². The Labute approximate surface area is 102 Å². The summed E-state index contributed by atoms with van der Waals surface area (Å²) in [6.07, 6.45) is 0. The van der Waals surface area contributed by atoms with Crippen molar-refractivity contribution in [3.05, 3.63) is 29.8 Å². The van der Waals surface area contributed by atoms with Crippen molar-refractivity contribution in [3.63, 3.8) is 0 Å². The summed E-state index contributed by atoms with van der Waals surface area (Å²) in [4.78, 5) is 15.3. The largest absolute Gasteiger partial charge is 0.396 e. The Kier molecular flexibility index (Phi) is 3.22. The van der Waals surface area contributed by atoms with Crippen LogP contribution < -0.4 is 11.1 Å². The van der Waals surface area contributed by atoms with Crippen molar-refractivity contribution >= 4 is 11.6 Å². The summed E-state index contributed by atoms with van der Waals surface area (Å²) in [6, 6.07) is 4.23. The van der Waals surface area contributed by atoms with Gasteiger partial charge >= 0.3 is 0 Å². The number of hydrogen-bond acceptors (Lipinski definition) is 5. The van der Waals surface area contributed by atoms with Gasteiger partial charge in [-0.05, 0) is 19.1 Å². The molecule has 0 bridgehead atoms. The highest BCUT2D eigenvalue weighted by atomic mass is 19.1. The summed E-state index contributed by atoms with van der Waals surface area (Å²) >= 11 is 0. The maximum Gasteiger partial charge on any atom is 0.292 e. The Morgan fingerprint density at radius 3 is 3.06 bits per heavy atom. The van der Waals surface area contributed by atoms with Crippen LogP contribution in [0.1, 0.15) is 17.5 Å². The number of nitrogens with two attached hydrogens (primary N) is 1. The van der Waals surface area contributed by atoms with E-state index in [9.17, 15) is 9.18 Å².